The molecule has 1 amide bonds. The summed E-state index contributed by atoms with van der Waals surface area (Å²) in [6.07, 6.45) is 0. The predicted molar refractivity (Wildman–Crippen MR) is 68.8 cm³/mol. The first kappa shape index (κ1) is 13.8. The number of nitrogens with one attached hydrogen (secondary N) is 2. The minimum Gasteiger partial charge on any atom is -0.370 e. The number of amides is 1. The Morgan fingerprint density at radius 3 is 2.88 bits per heavy atom. The number of rotatable bonds is 3. The van der Waals surface area contributed by atoms with Crippen molar-refractivity contribution in [3.63, 3.8) is 0 Å². The molecule has 0 atom stereocenters. The van der Waals surface area contributed by atoms with E-state index in [1.807, 2.05) is 20.8 Å². The first-order valence-corrected chi connectivity index (χ1v) is 5.94. The smallest absolute Gasteiger partial charge is 0.234 e. The van der Waals surface area contributed by atoms with E-state index < -0.39 is 0 Å². The monoisotopic (exact) mass is 241 g/mol. The third-order valence-electron chi connectivity index (χ3n) is 2.32. The van der Waals surface area contributed by atoms with Crippen LogP contribution in [0.1, 0.15) is 20.8 Å². The van der Waals surface area contributed by atoms with Crippen molar-refractivity contribution >= 4 is 11.9 Å². The van der Waals surface area contributed by atoms with Crippen LogP contribution >= 0.6 is 0 Å². The normalized spacial score (nSPS) is 19.0. The number of hydrogen-bond acceptors (Lipinski definition) is 3. The lowest BCUT2D eigenvalue weighted by Gasteiger charge is -2.26. The van der Waals surface area contributed by atoms with Crippen molar-refractivity contribution in [3.8, 4) is 0 Å². The van der Waals surface area contributed by atoms with E-state index >= 15 is 0 Å². The fourth-order valence-electron chi connectivity index (χ4n) is 1.62. The fraction of sp³-hybridized carbons (Fsp3) is 0.818. The summed E-state index contributed by atoms with van der Waals surface area (Å²) in [5, 5.41) is 5.88. The maximum absolute atomic E-state index is 11.1. The van der Waals surface area contributed by atoms with Gasteiger partial charge in [-0.25, -0.2) is 0 Å². The third kappa shape index (κ3) is 6.11. The molecule has 6 heteroatoms. The van der Waals surface area contributed by atoms with Gasteiger partial charge in [0, 0.05) is 25.2 Å². The highest BCUT2D eigenvalue weighted by molar-refractivity contribution is 5.79. The van der Waals surface area contributed by atoms with E-state index in [4.69, 9.17) is 5.73 Å². The molecule has 1 aliphatic rings. The van der Waals surface area contributed by atoms with Crippen LogP contribution in [0.5, 0.6) is 0 Å². The van der Waals surface area contributed by atoms with E-state index in [0.717, 1.165) is 19.6 Å². The first-order chi connectivity index (χ1) is 7.87. The van der Waals surface area contributed by atoms with Crippen LogP contribution in [0.4, 0.5) is 0 Å². The lowest BCUT2D eigenvalue weighted by molar-refractivity contribution is -0.124. The molecule has 4 N–H and O–H groups in total. The van der Waals surface area contributed by atoms with Gasteiger partial charge in [0.25, 0.3) is 0 Å². The molecule has 0 aromatic carbocycles. The first-order valence-electron chi connectivity index (χ1n) is 5.94. The number of nitrogens with zero attached hydrogens (tertiary/aromatic N) is 2. The topological polar surface area (TPSA) is 82.8 Å². The van der Waals surface area contributed by atoms with Gasteiger partial charge in [-0.1, -0.05) is 0 Å². The molecular weight excluding hydrogens is 218 g/mol. The van der Waals surface area contributed by atoms with Crippen LogP contribution in [-0.2, 0) is 4.79 Å². The van der Waals surface area contributed by atoms with Crippen LogP contribution < -0.4 is 16.4 Å². The van der Waals surface area contributed by atoms with E-state index in [2.05, 4.69) is 20.5 Å². The van der Waals surface area contributed by atoms with E-state index in [1.54, 1.807) is 0 Å². The Kier molecular flexibility index (Phi) is 4.74. The van der Waals surface area contributed by atoms with Crippen LogP contribution in [0.3, 0.4) is 0 Å². The summed E-state index contributed by atoms with van der Waals surface area (Å²) in [6, 6.07) is 0. The molecule has 0 radical (unpaired) electrons. The number of nitrogens with two attached hydrogens (primary N) is 1. The Hall–Kier alpha value is -1.30. The number of carbonyl (C=O) groups is 1. The second kappa shape index (κ2) is 5.86. The van der Waals surface area contributed by atoms with Gasteiger partial charge >= 0.3 is 0 Å². The largest absolute Gasteiger partial charge is 0.370 e. The maximum Gasteiger partial charge on any atom is 0.234 e. The average molecular weight is 241 g/mol. The number of guanidine groups is 1. The van der Waals surface area contributed by atoms with Gasteiger partial charge in [0.2, 0.25) is 5.91 Å². The molecule has 0 bridgehead atoms. The molecular formula is C11H23N5O. The molecule has 0 spiro atoms. The van der Waals surface area contributed by atoms with Crippen molar-refractivity contribution in [2.24, 2.45) is 10.7 Å². The van der Waals surface area contributed by atoms with Crippen LogP contribution in [0.15, 0.2) is 4.99 Å². The summed E-state index contributed by atoms with van der Waals surface area (Å²) in [7, 11) is 0. The summed E-state index contributed by atoms with van der Waals surface area (Å²) >= 11 is 0. The lowest BCUT2D eigenvalue weighted by atomic mass is 10.1. The highest BCUT2D eigenvalue weighted by atomic mass is 16.2. The molecule has 6 nitrogen and oxygen atoms in total. The quantitative estimate of drug-likeness (QED) is 0.443. The van der Waals surface area contributed by atoms with Gasteiger partial charge in [-0.15, -0.1) is 0 Å². The van der Waals surface area contributed by atoms with Gasteiger partial charge in [-0.05, 0) is 20.8 Å². The molecule has 0 aliphatic carbocycles. The van der Waals surface area contributed by atoms with E-state index in [-0.39, 0.29) is 11.4 Å². The summed E-state index contributed by atoms with van der Waals surface area (Å²) in [5.74, 6) is 0.542. The molecule has 1 heterocycles. The van der Waals surface area contributed by atoms with Crippen molar-refractivity contribution in [3.05, 3.63) is 0 Å². The number of piperazine rings is 1. The SMILES string of the molecule is CC(C)(C)NC(N)=NCCN1CCNC(=O)C1. The molecule has 98 valence electrons. The highest BCUT2D eigenvalue weighted by Gasteiger charge is 2.15. The highest BCUT2D eigenvalue weighted by Crippen LogP contribution is 1.97. The molecule has 1 rings (SSSR count). The van der Waals surface area contributed by atoms with E-state index in [0.29, 0.717) is 19.0 Å². The fourth-order valence-corrected chi connectivity index (χ4v) is 1.62. The summed E-state index contributed by atoms with van der Waals surface area (Å²) in [5.41, 5.74) is 5.67. The zero-order valence-corrected chi connectivity index (χ0v) is 10.9. The second-order valence-electron chi connectivity index (χ2n) is 5.27. The van der Waals surface area contributed by atoms with Crippen molar-refractivity contribution < 1.29 is 4.79 Å². The third-order valence-corrected chi connectivity index (χ3v) is 2.32. The van der Waals surface area contributed by atoms with E-state index in [1.165, 1.54) is 0 Å². The van der Waals surface area contributed by atoms with Crippen molar-refractivity contribution in [2.45, 2.75) is 26.3 Å². The number of hydrogen-bond donors (Lipinski definition) is 3. The average Bonchev–Trinajstić information content (AvgIpc) is 2.14. The predicted octanol–water partition coefficient (Wildman–Crippen LogP) is -0.879. The van der Waals surface area contributed by atoms with Crippen LogP contribution in [0, 0.1) is 0 Å². The molecule has 0 unspecified atom stereocenters. The summed E-state index contributed by atoms with van der Waals surface area (Å²) < 4.78 is 0. The van der Waals surface area contributed by atoms with Crippen LogP contribution in [0.25, 0.3) is 0 Å². The van der Waals surface area contributed by atoms with Crippen LogP contribution in [0.2, 0.25) is 0 Å². The number of carbonyl (C=O) groups excluding carboxylic acids is 1. The van der Waals surface area contributed by atoms with Crippen molar-refractivity contribution in [1.82, 2.24) is 15.5 Å². The molecule has 1 saturated heterocycles. The minimum atomic E-state index is -0.0708. The Bertz CT molecular complexity index is 295. The minimum absolute atomic E-state index is 0.0708. The second-order valence-corrected chi connectivity index (χ2v) is 5.27. The summed E-state index contributed by atoms with van der Waals surface area (Å²) in [4.78, 5) is 17.4. The zero-order valence-electron chi connectivity index (χ0n) is 10.9. The zero-order chi connectivity index (χ0) is 12.9. The van der Waals surface area contributed by atoms with Gasteiger partial charge in [0.05, 0.1) is 13.1 Å². The number of aliphatic imine (C=N–C) groups is 1. The van der Waals surface area contributed by atoms with Gasteiger partial charge in [-0.2, -0.15) is 0 Å². The molecule has 17 heavy (non-hydrogen) atoms. The molecule has 0 saturated carbocycles. The molecule has 0 aromatic rings. The van der Waals surface area contributed by atoms with Gasteiger partial charge in [-0.3, -0.25) is 14.7 Å². The summed E-state index contributed by atoms with van der Waals surface area (Å²) in [6.45, 7) is 9.54. The van der Waals surface area contributed by atoms with Gasteiger partial charge < -0.3 is 16.4 Å². The van der Waals surface area contributed by atoms with E-state index in [9.17, 15) is 4.79 Å². The van der Waals surface area contributed by atoms with Gasteiger partial charge in [0.15, 0.2) is 5.96 Å². The van der Waals surface area contributed by atoms with Crippen molar-refractivity contribution in [1.29, 1.82) is 0 Å². The molecule has 1 aliphatic heterocycles. The molecule has 1 fully saturated rings. The van der Waals surface area contributed by atoms with Crippen LogP contribution in [-0.4, -0.2) is 55.0 Å². The molecule has 0 aromatic heterocycles. The Balaban J connectivity index is 2.26. The standard InChI is InChI=1S/C11H23N5O/c1-11(2,3)15-10(12)14-5-7-16-6-4-13-9(17)8-16/h4-8H2,1-3H3,(H,13,17)(H3,12,14,15). The van der Waals surface area contributed by atoms with Crippen molar-refractivity contribution in [2.75, 3.05) is 32.7 Å². The maximum atomic E-state index is 11.1. The Morgan fingerprint density at radius 1 is 1.59 bits per heavy atom. The Morgan fingerprint density at radius 2 is 2.29 bits per heavy atom. The lowest BCUT2D eigenvalue weighted by Crippen LogP contribution is -2.48. The van der Waals surface area contributed by atoms with Gasteiger partial charge in [0.1, 0.15) is 0 Å². The Labute approximate surface area is 103 Å².